The van der Waals surface area contributed by atoms with E-state index in [1.54, 1.807) is 24.3 Å². The molecule has 4 rings (SSSR count). The Kier molecular flexibility index (Phi) is 4.62. The van der Waals surface area contributed by atoms with Gasteiger partial charge in [-0.1, -0.05) is 30.3 Å². The maximum Gasteiger partial charge on any atom is 0.265 e. The van der Waals surface area contributed by atoms with Crippen molar-refractivity contribution >= 4 is 55.7 Å². The Hall–Kier alpha value is -3.17. The molecule has 28 heavy (non-hydrogen) atoms. The first-order chi connectivity index (χ1) is 13.5. The lowest BCUT2D eigenvalue weighted by molar-refractivity contribution is -0.125. The van der Waals surface area contributed by atoms with Crippen molar-refractivity contribution < 1.29 is 18.0 Å². The number of rotatable bonds is 4. The van der Waals surface area contributed by atoms with Crippen molar-refractivity contribution in [2.24, 2.45) is 0 Å². The summed E-state index contributed by atoms with van der Waals surface area (Å²) in [6, 6.07) is 13.9. The number of benzene rings is 2. The zero-order chi connectivity index (χ0) is 19.7. The number of thiophene rings is 1. The summed E-state index contributed by atoms with van der Waals surface area (Å²) in [4.78, 5) is 25.1. The van der Waals surface area contributed by atoms with Gasteiger partial charge in [0, 0.05) is 16.3 Å². The smallest absolute Gasteiger partial charge is 0.265 e. The highest BCUT2D eigenvalue weighted by Crippen LogP contribution is 2.41. The zero-order valence-electron chi connectivity index (χ0n) is 14.5. The van der Waals surface area contributed by atoms with Crippen LogP contribution < -0.4 is 15.2 Å². The summed E-state index contributed by atoms with van der Waals surface area (Å²) in [5.74, 6) is -1.16. The number of hydrogen-bond acceptors (Lipinski definition) is 5. The van der Waals surface area contributed by atoms with Gasteiger partial charge in [0.2, 0.25) is 0 Å². The minimum Gasteiger partial charge on any atom is -0.271 e. The molecule has 0 unspecified atom stereocenters. The predicted molar refractivity (Wildman–Crippen MR) is 108 cm³/mol. The van der Waals surface area contributed by atoms with Crippen LogP contribution in [0.3, 0.4) is 0 Å². The van der Waals surface area contributed by atoms with Crippen LogP contribution >= 0.6 is 11.3 Å². The summed E-state index contributed by atoms with van der Waals surface area (Å²) < 4.78 is 26.7. The van der Waals surface area contributed by atoms with E-state index < -0.39 is 28.4 Å². The topological polar surface area (TPSA) is 95.6 Å². The van der Waals surface area contributed by atoms with Gasteiger partial charge in [0.15, 0.2) is 0 Å². The number of nitrogens with one attached hydrogen (secondary N) is 2. The molecular weight excluding hydrogens is 398 g/mol. The Balaban J connectivity index is 1.45. The molecule has 2 aromatic carbocycles. The Morgan fingerprint density at radius 1 is 1.04 bits per heavy atom. The first kappa shape index (κ1) is 18.2. The first-order valence-corrected chi connectivity index (χ1v) is 10.6. The standard InChI is InChI=1S/C19H15N3O4S2/c23-17(10-9-14-6-3-11-27-14)20-21-18(24)12-22-15-7-1-4-13-5-2-8-16(19(13)15)28(22,25)26/h1-11H,12H2,(H,20,23)(H,21,24)/b10-9+. The third-order valence-electron chi connectivity index (χ3n) is 4.24. The molecule has 0 saturated carbocycles. The molecule has 1 aliphatic heterocycles. The molecule has 0 spiro atoms. The number of hydrazine groups is 1. The molecule has 1 aromatic heterocycles. The molecule has 0 saturated heterocycles. The van der Waals surface area contributed by atoms with Gasteiger partial charge in [-0.15, -0.1) is 11.3 Å². The van der Waals surface area contributed by atoms with Crippen molar-refractivity contribution in [3.63, 3.8) is 0 Å². The number of anilines is 1. The van der Waals surface area contributed by atoms with E-state index in [0.29, 0.717) is 11.1 Å². The molecule has 3 aromatic rings. The summed E-state index contributed by atoms with van der Waals surface area (Å²) >= 11 is 1.47. The number of nitrogens with zero attached hydrogens (tertiary/aromatic N) is 1. The van der Waals surface area contributed by atoms with Crippen LogP contribution in [0.5, 0.6) is 0 Å². The van der Waals surface area contributed by atoms with Gasteiger partial charge >= 0.3 is 0 Å². The van der Waals surface area contributed by atoms with Gasteiger partial charge in [-0.05, 0) is 35.0 Å². The number of carbonyl (C=O) groups excluding carboxylic acids is 2. The monoisotopic (exact) mass is 413 g/mol. The second kappa shape index (κ2) is 7.10. The van der Waals surface area contributed by atoms with Crippen LogP contribution in [0, 0.1) is 0 Å². The van der Waals surface area contributed by atoms with Crippen molar-refractivity contribution in [1.29, 1.82) is 0 Å². The van der Waals surface area contributed by atoms with Crippen LogP contribution in [0.15, 0.2) is 64.9 Å². The lowest BCUT2D eigenvalue weighted by Gasteiger charge is -2.18. The van der Waals surface area contributed by atoms with Crippen molar-refractivity contribution in [2.75, 3.05) is 10.8 Å². The van der Waals surface area contributed by atoms with Gasteiger partial charge in [-0.25, -0.2) is 8.42 Å². The van der Waals surface area contributed by atoms with Crippen LogP contribution in [0.1, 0.15) is 4.88 Å². The summed E-state index contributed by atoms with van der Waals surface area (Å²) in [6.07, 6.45) is 2.91. The first-order valence-electron chi connectivity index (χ1n) is 8.32. The van der Waals surface area contributed by atoms with Gasteiger partial charge < -0.3 is 0 Å². The van der Waals surface area contributed by atoms with Gasteiger partial charge in [0.05, 0.1) is 10.6 Å². The molecular formula is C19H15N3O4S2. The molecule has 142 valence electrons. The normalized spacial score (nSPS) is 14.5. The molecule has 0 aliphatic carbocycles. The number of hydrogen-bond donors (Lipinski definition) is 2. The fourth-order valence-electron chi connectivity index (χ4n) is 3.02. The Labute approximate surface area is 165 Å². The fraction of sp³-hybridized carbons (Fsp3) is 0.0526. The largest absolute Gasteiger partial charge is 0.271 e. The highest BCUT2D eigenvalue weighted by molar-refractivity contribution is 7.93. The van der Waals surface area contributed by atoms with Crippen LogP contribution in [0.4, 0.5) is 5.69 Å². The van der Waals surface area contributed by atoms with Gasteiger partial charge in [-0.3, -0.25) is 24.7 Å². The molecule has 2 amide bonds. The molecule has 0 atom stereocenters. The Morgan fingerprint density at radius 2 is 1.82 bits per heavy atom. The Morgan fingerprint density at radius 3 is 2.57 bits per heavy atom. The summed E-state index contributed by atoms with van der Waals surface area (Å²) in [5, 5.41) is 3.27. The highest BCUT2D eigenvalue weighted by Gasteiger charge is 2.36. The van der Waals surface area contributed by atoms with Crippen molar-refractivity contribution in [3.8, 4) is 0 Å². The molecule has 7 nitrogen and oxygen atoms in total. The van der Waals surface area contributed by atoms with E-state index in [2.05, 4.69) is 10.9 Å². The highest BCUT2D eigenvalue weighted by atomic mass is 32.2. The van der Waals surface area contributed by atoms with Crippen LogP contribution in [0.2, 0.25) is 0 Å². The predicted octanol–water partition coefficient (Wildman–Crippen LogP) is 2.27. The van der Waals surface area contributed by atoms with Crippen LogP contribution in [-0.4, -0.2) is 26.8 Å². The fourth-order valence-corrected chi connectivity index (χ4v) is 5.30. The second-order valence-electron chi connectivity index (χ2n) is 6.03. The maximum atomic E-state index is 12.8. The van der Waals surface area contributed by atoms with Crippen LogP contribution in [0.25, 0.3) is 16.8 Å². The lowest BCUT2D eigenvalue weighted by Crippen LogP contribution is -2.46. The molecule has 0 radical (unpaired) electrons. The molecule has 0 bridgehead atoms. The van der Waals surface area contributed by atoms with Crippen LogP contribution in [-0.2, 0) is 19.6 Å². The zero-order valence-corrected chi connectivity index (χ0v) is 16.1. The lowest BCUT2D eigenvalue weighted by atomic mass is 10.1. The van der Waals surface area contributed by atoms with Gasteiger partial charge in [-0.2, -0.15) is 0 Å². The maximum absolute atomic E-state index is 12.8. The van der Waals surface area contributed by atoms with Gasteiger partial charge in [0.25, 0.3) is 21.8 Å². The third-order valence-corrected chi connectivity index (χ3v) is 6.88. The van der Waals surface area contributed by atoms with Crippen molar-refractivity contribution in [3.05, 3.63) is 64.9 Å². The average molecular weight is 413 g/mol. The van der Waals surface area contributed by atoms with E-state index in [0.717, 1.165) is 14.6 Å². The number of sulfonamides is 1. The number of carbonyl (C=O) groups is 2. The molecule has 1 aliphatic rings. The molecule has 0 fully saturated rings. The summed E-state index contributed by atoms with van der Waals surface area (Å²) in [7, 11) is -3.82. The minimum absolute atomic E-state index is 0.177. The number of amides is 2. The van der Waals surface area contributed by atoms with Crippen molar-refractivity contribution in [2.45, 2.75) is 4.90 Å². The molecule has 2 heterocycles. The molecule has 2 N–H and O–H groups in total. The van der Waals surface area contributed by atoms with Crippen molar-refractivity contribution in [1.82, 2.24) is 10.9 Å². The SMILES string of the molecule is O=C(/C=C/c1cccs1)NNC(=O)CN1c2cccc3cccc(c23)S1(=O)=O. The van der Waals surface area contributed by atoms with E-state index in [-0.39, 0.29) is 4.90 Å². The van der Waals surface area contributed by atoms with E-state index in [4.69, 9.17) is 0 Å². The van der Waals surface area contributed by atoms with E-state index >= 15 is 0 Å². The van der Waals surface area contributed by atoms with E-state index in [9.17, 15) is 18.0 Å². The van der Waals surface area contributed by atoms with E-state index in [1.807, 2.05) is 29.6 Å². The average Bonchev–Trinajstić information content (AvgIpc) is 3.27. The third kappa shape index (κ3) is 3.25. The quantitative estimate of drug-likeness (QED) is 0.507. The minimum atomic E-state index is -3.82. The van der Waals surface area contributed by atoms with E-state index in [1.165, 1.54) is 23.5 Å². The van der Waals surface area contributed by atoms with Gasteiger partial charge in [0.1, 0.15) is 6.54 Å². The second-order valence-corrected chi connectivity index (χ2v) is 8.84. The summed E-state index contributed by atoms with van der Waals surface area (Å²) in [6.45, 7) is -0.439. The Bertz CT molecular complexity index is 1200. The molecule has 9 heteroatoms. The summed E-state index contributed by atoms with van der Waals surface area (Å²) in [5.41, 5.74) is 4.94.